The topological polar surface area (TPSA) is 86.0 Å². The van der Waals surface area contributed by atoms with Crippen LogP contribution in [0, 0.1) is 17.8 Å². The van der Waals surface area contributed by atoms with E-state index in [0.29, 0.717) is 18.0 Å². The summed E-state index contributed by atoms with van der Waals surface area (Å²) in [6.07, 6.45) is 6.55. The highest BCUT2D eigenvalue weighted by Gasteiger charge is 2.32. The normalized spacial score (nSPS) is 40.6. The van der Waals surface area contributed by atoms with Crippen LogP contribution in [0.2, 0.25) is 0 Å². The van der Waals surface area contributed by atoms with Crippen LogP contribution in [0.4, 0.5) is 0 Å². The highest BCUT2D eigenvalue weighted by molar-refractivity contribution is 5.89. The lowest BCUT2D eigenvalue weighted by Gasteiger charge is -2.36. The molecule has 2 aliphatic rings. The smallest absolute Gasteiger partial charge is 0.216 e. The highest BCUT2D eigenvalue weighted by Crippen LogP contribution is 2.35. The summed E-state index contributed by atoms with van der Waals surface area (Å²) < 4.78 is 5.60. The fourth-order valence-electron chi connectivity index (χ4n) is 3.12. The zero-order valence-electron chi connectivity index (χ0n) is 11.2. The lowest BCUT2D eigenvalue weighted by molar-refractivity contribution is 0.00329. The van der Waals surface area contributed by atoms with Gasteiger partial charge in [-0.25, -0.2) is 9.98 Å². The molecule has 5 atom stereocenters. The van der Waals surface area contributed by atoms with E-state index in [9.17, 15) is 0 Å². The molecule has 0 aromatic carbocycles. The van der Waals surface area contributed by atoms with Gasteiger partial charge in [-0.15, -0.1) is 0 Å². The van der Waals surface area contributed by atoms with E-state index in [-0.39, 0.29) is 12.1 Å². The van der Waals surface area contributed by atoms with Crippen LogP contribution in [-0.2, 0) is 4.74 Å². The Morgan fingerprint density at radius 3 is 2.89 bits per heavy atom. The van der Waals surface area contributed by atoms with Crippen molar-refractivity contribution in [3.05, 3.63) is 0 Å². The Morgan fingerprint density at radius 1 is 1.44 bits per heavy atom. The summed E-state index contributed by atoms with van der Waals surface area (Å²) in [5.41, 5.74) is 11.6. The van der Waals surface area contributed by atoms with Crippen LogP contribution in [0.1, 0.15) is 32.6 Å². The van der Waals surface area contributed by atoms with Gasteiger partial charge in [0.25, 0.3) is 0 Å². The van der Waals surface area contributed by atoms with Gasteiger partial charge in [-0.1, -0.05) is 6.92 Å². The molecular formula is C13H24N4O. The molecule has 0 aromatic heterocycles. The summed E-state index contributed by atoms with van der Waals surface area (Å²) in [4.78, 5) is 8.21. The Labute approximate surface area is 109 Å². The minimum absolute atomic E-state index is 0.185. The third-order valence-electron chi connectivity index (χ3n) is 4.17. The average Bonchev–Trinajstić information content (AvgIpc) is 2.33. The number of aliphatic imine (C=N–C) groups is 2. The monoisotopic (exact) mass is 252 g/mol. The van der Waals surface area contributed by atoms with E-state index in [1.807, 2.05) is 6.21 Å². The number of methoxy groups -OCH3 is 1. The van der Waals surface area contributed by atoms with Crippen LogP contribution < -0.4 is 11.5 Å². The number of ether oxygens (including phenoxy) is 1. The largest absolute Gasteiger partial charge is 0.381 e. The van der Waals surface area contributed by atoms with Crippen LogP contribution >= 0.6 is 0 Å². The fraction of sp³-hybridized carbons (Fsp3) is 0.846. The number of rotatable bonds is 3. The van der Waals surface area contributed by atoms with Gasteiger partial charge in [0.05, 0.1) is 6.10 Å². The first kappa shape index (κ1) is 13.5. The Balaban J connectivity index is 1.97. The summed E-state index contributed by atoms with van der Waals surface area (Å²) in [7, 11) is 1.80. The Bertz CT molecular complexity index is 342. The second-order valence-corrected chi connectivity index (χ2v) is 5.61. The molecule has 0 bridgehead atoms. The molecule has 0 radical (unpaired) electrons. The first-order valence-corrected chi connectivity index (χ1v) is 6.76. The molecule has 5 unspecified atom stereocenters. The van der Waals surface area contributed by atoms with E-state index < -0.39 is 0 Å². The average molecular weight is 252 g/mol. The molecule has 0 saturated heterocycles. The fourth-order valence-corrected chi connectivity index (χ4v) is 3.12. The van der Waals surface area contributed by atoms with Gasteiger partial charge in [-0.2, -0.15) is 0 Å². The standard InChI is InChI=1S/C13H24N4O/c1-8-3-4-11(18-2)9(5-8)6-10-7-16-13(15)17-12(10)14/h7-12H,3-6,14H2,1-2H3,(H2,15,17). The van der Waals surface area contributed by atoms with Gasteiger partial charge in [0.2, 0.25) is 5.96 Å². The molecule has 0 aromatic rings. The van der Waals surface area contributed by atoms with Crippen molar-refractivity contribution < 1.29 is 4.74 Å². The number of nitrogens with two attached hydrogens (primary N) is 2. The number of hydrogen-bond acceptors (Lipinski definition) is 5. The van der Waals surface area contributed by atoms with Crippen LogP contribution in [0.3, 0.4) is 0 Å². The van der Waals surface area contributed by atoms with E-state index in [2.05, 4.69) is 16.9 Å². The van der Waals surface area contributed by atoms with Crippen LogP contribution in [0.25, 0.3) is 0 Å². The molecule has 1 aliphatic carbocycles. The summed E-state index contributed by atoms with van der Waals surface area (Å²) in [5, 5.41) is 0. The number of hydrogen-bond donors (Lipinski definition) is 2. The van der Waals surface area contributed by atoms with E-state index >= 15 is 0 Å². The van der Waals surface area contributed by atoms with Gasteiger partial charge in [-0.3, -0.25) is 0 Å². The molecule has 0 amide bonds. The third kappa shape index (κ3) is 3.09. The van der Waals surface area contributed by atoms with Gasteiger partial charge < -0.3 is 16.2 Å². The van der Waals surface area contributed by atoms with Crippen molar-refractivity contribution in [2.75, 3.05) is 7.11 Å². The van der Waals surface area contributed by atoms with Crippen molar-refractivity contribution in [2.24, 2.45) is 39.2 Å². The molecule has 4 N–H and O–H groups in total. The minimum atomic E-state index is -0.253. The third-order valence-corrected chi connectivity index (χ3v) is 4.17. The maximum absolute atomic E-state index is 6.01. The maximum atomic E-state index is 6.01. The van der Waals surface area contributed by atoms with Gasteiger partial charge >= 0.3 is 0 Å². The van der Waals surface area contributed by atoms with E-state index in [1.54, 1.807) is 7.11 Å². The lowest BCUT2D eigenvalue weighted by atomic mass is 9.76. The predicted molar refractivity (Wildman–Crippen MR) is 73.5 cm³/mol. The summed E-state index contributed by atoms with van der Waals surface area (Å²) >= 11 is 0. The SMILES string of the molecule is COC1CCC(C)CC1CC1C=NC(N)=NC1N. The maximum Gasteiger partial charge on any atom is 0.216 e. The van der Waals surface area contributed by atoms with Crippen molar-refractivity contribution in [3.63, 3.8) is 0 Å². The van der Waals surface area contributed by atoms with Crippen LogP contribution in [0.5, 0.6) is 0 Å². The highest BCUT2D eigenvalue weighted by atomic mass is 16.5. The van der Waals surface area contributed by atoms with Gasteiger partial charge in [0.1, 0.15) is 6.17 Å². The van der Waals surface area contributed by atoms with Gasteiger partial charge in [-0.05, 0) is 37.5 Å². The second kappa shape index (κ2) is 5.80. The van der Waals surface area contributed by atoms with Crippen molar-refractivity contribution in [2.45, 2.75) is 44.9 Å². The molecular weight excluding hydrogens is 228 g/mol. The van der Waals surface area contributed by atoms with Crippen molar-refractivity contribution >= 4 is 12.2 Å². The van der Waals surface area contributed by atoms with Gasteiger partial charge in [0.15, 0.2) is 0 Å². The van der Waals surface area contributed by atoms with Crippen LogP contribution in [-0.4, -0.2) is 31.6 Å². The molecule has 1 aliphatic heterocycles. The molecule has 2 rings (SSSR count). The van der Waals surface area contributed by atoms with E-state index in [4.69, 9.17) is 16.2 Å². The molecule has 102 valence electrons. The van der Waals surface area contributed by atoms with Crippen LogP contribution in [0.15, 0.2) is 9.98 Å². The first-order chi connectivity index (χ1) is 8.60. The number of guanidine groups is 1. The van der Waals surface area contributed by atoms with Crippen molar-refractivity contribution in [3.8, 4) is 0 Å². The molecule has 1 heterocycles. The quantitative estimate of drug-likeness (QED) is 0.789. The molecule has 1 fully saturated rings. The minimum Gasteiger partial charge on any atom is -0.381 e. The van der Waals surface area contributed by atoms with E-state index in [0.717, 1.165) is 18.8 Å². The zero-order valence-corrected chi connectivity index (χ0v) is 11.2. The molecule has 1 saturated carbocycles. The Morgan fingerprint density at radius 2 is 2.22 bits per heavy atom. The predicted octanol–water partition coefficient (Wildman–Crippen LogP) is 1.13. The molecule has 5 heteroatoms. The summed E-state index contributed by atoms with van der Waals surface area (Å²) in [6.45, 7) is 2.31. The van der Waals surface area contributed by atoms with E-state index in [1.165, 1.54) is 12.8 Å². The first-order valence-electron chi connectivity index (χ1n) is 6.76. The second-order valence-electron chi connectivity index (χ2n) is 5.61. The summed E-state index contributed by atoms with van der Waals surface area (Å²) in [6, 6.07) is 0. The zero-order chi connectivity index (χ0) is 13.1. The Kier molecular flexibility index (Phi) is 4.35. The van der Waals surface area contributed by atoms with Crippen molar-refractivity contribution in [1.82, 2.24) is 0 Å². The molecule has 5 nitrogen and oxygen atoms in total. The lowest BCUT2D eigenvalue weighted by Crippen LogP contribution is -2.39. The molecule has 0 spiro atoms. The van der Waals surface area contributed by atoms with Gasteiger partial charge in [0, 0.05) is 19.2 Å². The number of nitrogens with zero attached hydrogens (tertiary/aromatic N) is 2. The van der Waals surface area contributed by atoms with Crippen molar-refractivity contribution in [1.29, 1.82) is 0 Å². The Hall–Kier alpha value is -0.940. The summed E-state index contributed by atoms with van der Waals surface area (Å²) in [5.74, 6) is 1.80. The molecule has 18 heavy (non-hydrogen) atoms.